The highest BCUT2D eigenvalue weighted by Gasteiger charge is 2.03. The molecule has 0 amide bonds. The van der Waals surface area contributed by atoms with E-state index in [4.69, 9.17) is 0 Å². The number of halogens is 1. The summed E-state index contributed by atoms with van der Waals surface area (Å²) in [6.45, 7) is 5.85. The lowest BCUT2D eigenvalue weighted by Gasteiger charge is -2.11. The van der Waals surface area contributed by atoms with Gasteiger partial charge in [0, 0.05) is 17.6 Å². The molecule has 0 heterocycles. The monoisotopic (exact) mass is 331 g/mol. The molecule has 0 spiro atoms. The summed E-state index contributed by atoms with van der Waals surface area (Å²) in [4.78, 5) is 0. The first-order chi connectivity index (χ1) is 9.74. The SMILES string of the molecule is CCN(CC)/N=N/c1ccc(-c2ccccc2)cc1Br. The Hall–Kier alpha value is -1.68. The summed E-state index contributed by atoms with van der Waals surface area (Å²) >= 11 is 3.57. The topological polar surface area (TPSA) is 28.0 Å². The van der Waals surface area contributed by atoms with Crippen molar-refractivity contribution in [2.75, 3.05) is 13.1 Å². The minimum atomic E-state index is 0.844. The van der Waals surface area contributed by atoms with E-state index in [-0.39, 0.29) is 0 Å². The van der Waals surface area contributed by atoms with Crippen LogP contribution in [-0.2, 0) is 0 Å². The second-order valence-electron chi connectivity index (χ2n) is 4.36. The molecule has 0 saturated heterocycles. The Labute approximate surface area is 128 Å². The van der Waals surface area contributed by atoms with E-state index in [9.17, 15) is 0 Å². The van der Waals surface area contributed by atoms with Gasteiger partial charge >= 0.3 is 0 Å². The second-order valence-corrected chi connectivity index (χ2v) is 5.21. The van der Waals surface area contributed by atoms with Gasteiger partial charge in [-0.2, -0.15) is 0 Å². The Bertz CT molecular complexity index is 578. The molecule has 2 rings (SSSR count). The highest BCUT2D eigenvalue weighted by atomic mass is 79.9. The molecule has 0 saturated carbocycles. The average Bonchev–Trinajstić information content (AvgIpc) is 2.50. The number of hydrogen-bond donors (Lipinski definition) is 0. The maximum absolute atomic E-state index is 4.29. The molecule has 2 aromatic carbocycles. The van der Waals surface area contributed by atoms with Crippen molar-refractivity contribution < 1.29 is 0 Å². The molecular formula is C16H18BrN3. The van der Waals surface area contributed by atoms with Crippen LogP contribution < -0.4 is 0 Å². The van der Waals surface area contributed by atoms with Crippen LogP contribution in [0, 0.1) is 0 Å². The van der Waals surface area contributed by atoms with Gasteiger partial charge in [-0.05, 0) is 53.0 Å². The quantitative estimate of drug-likeness (QED) is 0.528. The van der Waals surface area contributed by atoms with Gasteiger partial charge in [-0.1, -0.05) is 41.6 Å². The van der Waals surface area contributed by atoms with Crippen LogP contribution in [0.4, 0.5) is 5.69 Å². The van der Waals surface area contributed by atoms with E-state index >= 15 is 0 Å². The molecule has 0 unspecified atom stereocenters. The lowest BCUT2D eigenvalue weighted by Crippen LogP contribution is -2.14. The number of hydrogen-bond acceptors (Lipinski definition) is 2. The van der Waals surface area contributed by atoms with Gasteiger partial charge in [-0.25, -0.2) is 0 Å². The molecule has 3 nitrogen and oxygen atoms in total. The van der Waals surface area contributed by atoms with Gasteiger partial charge in [0.15, 0.2) is 0 Å². The molecular weight excluding hydrogens is 314 g/mol. The van der Waals surface area contributed by atoms with Crippen LogP contribution in [-0.4, -0.2) is 18.1 Å². The van der Waals surface area contributed by atoms with Gasteiger partial charge in [-0.15, -0.1) is 5.11 Å². The maximum atomic E-state index is 4.29. The van der Waals surface area contributed by atoms with Crippen LogP contribution in [0.15, 0.2) is 63.3 Å². The van der Waals surface area contributed by atoms with Crippen LogP contribution in [0.3, 0.4) is 0 Å². The van der Waals surface area contributed by atoms with Crippen molar-refractivity contribution in [3.8, 4) is 11.1 Å². The van der Waals surface area contributed by atoms with E-state index in [1.54, 1.807) is 0 Å². The Morgan fingerprint density at radius 3 is 2.25 bits per heavy atom. The third-order valence-electron chi connectivity index (χ3n) is 3.06. The molecule has 0 N–H and O–H groups in total. The van der Waals surface area contributed by atoms with Crippen molar-refractivity contribution >= 4 is 21.6 Å². The van der Waals surface area contributed by atoms with Crippen LogP contribution in [0.1, 0.15) is 13.8 Å². The van der Waals surface area contributed by atoms with Crippen LogP contribution in [0.2, 0.25) is 0 Å². The maximum Gasteiger partial charge on any atom is 0.102 e. The van der Waals surface area contributed by atoms with Crippen LogP contribution >= 0.6 is 15.9 Å². The molecule has 0 aliphatic carbocycles. The van der Waals surface area contributed by atoms with E-state index in [0.29, 0.717) is 0 Å². The minimum Gasteiger partial charge on any atom is -0.279 e. The van der Waals surface area contributed by atoms with Gasteiger partial charge in [0.25, 0.3) is 0 Å². The summed E-state index contributed by atoms with van der Waals surface area (Å²) in [5.41, 5.74) is 3.20. The smallest absolute Gasteiger partial charge is 0.102 e. The molecule has 104 valence electrons. The fourth-order valence-corrected chi connectivity index (χ4v) is 2.32. The van der Waals surface area contributed by atoms with Crippen LogP contribution in [0.5, 0.6) is 0 Å². The lowest BCUT2D eigenvalue weighted by molar-refractivity contribution is 0.300. The van der Waals surface area contributed by atoms with E-state index in [1.165, 1.54) is 11.1 Å². The molecule has 0 aromatic heterocycles. The zero-order valence-corrected chi connectivity index (χ0v) is 13.3. The molecule has 0 atom stereocenters. The normalized spacial score (nSPS) is 10.9. The van der Waals surface area contributed by atoms with E-state index < -0.39 is 0 Å². The van der Waals surface area contributed by atoms with Gasteiger partial charge in [0.2, 0.25) is 0 Å². The largest absolute Gasteiger partial charge is 0.279 e. The molecule has 0 radical (unpaired) electrons. The van der Waals surface area contributed by atoms with Crippen LogP contribution in [0.25, 0.3) is 11.1 Å². The van der Waals surface area contributed by atoms with E-state index in [1.807, 2.05) is 29.3 Å². The molecule has 4 heteroatoms. The van der Waals surface area contributed by atoms with Gasteiger partial charge < -0.3 is 0 Å². The third-order valence-corrected chi connectivity index (χ3v) is 3.70. The zero-order valence-electron chi connectivity index (χ0n) is 11.8. The average molecular weight is 332 g/mol. The summed E-state index contributed by atoms with van der Waals surface area (Å²) in [6, 6.07) is 16.4. The highest BCUT2D eigenvalue weighted by molar-refractivity contribution is 9.10. The van der Waals surface area contributed by atoms with E-state index in [0.717, 1.165) is 23.2 Å². The Kier molecular flexibility index (Phi) is 5.30. The van der Waals surface area contributed by atoms with Crippen molar-refractivity contribution in [3.05, 3.63) is 53.0 Å². The first-order valence-electron chi connectivity index (χ1n) is 6.76. The fraction of sp³-hybridized carbons (Fsp3) is 0.250. The summed E-state index contributed by atoms with van der Waals surface area (Å²) in [6.07, 6.45) is 0. The Balaban J connectivity index is 2.22. The van der Waals surface area contributed by atoms with Crippen molar-refractivity contribution in [1.82, 2.24) is 5.01 Å². The van der Waals surface area contributed by atoms with Crippen molar-refractivity contribution in [2.45, 2.75) is 13.8 Å². The lowest BCUT2D eigenvalue weighted by atomic mass is 10.1. The van der Waals surface area contributed by atoms with Crippen molar-refractivity contribution in [2.24, 2.45) is 10.3 Å². The molecule has 2 aromatic rings. The molecule has 0 aliphatic rings. The standard InChI is InChI=1S/C16H18BrN3/c1-3-20(4-2)19-18-16-11-10-14(12-15(16)17)13-8-6-5-7-9-13/h5-12H,3-4H2,1-2H3/b19-18+. The molecule has 0 bridgehead atoms. The Morgan fingerprint density at radius 2 is 1.65 bits per heavy atom. The zero-order chi connectivity index (χ0) is 14.4. The second kappa shape index (κ2) is 7.20. The molecule has 20 heavy (non-hydrogen) atoms. The highest BCUT2D eigenvalue weighted by Crippen LogP contribution is 2.31. The van der Waals surface area contributed by atoms with Crippen molar-refractivity contribution in [1.29, 1.82) is 0 Å². The number of rotatable bonds is 5. The van der Waals surface area contributed by atoms with Crippen molar-refractivity contribution in [3.63, 3.8) is 0 Å². The summed E-state index contributed by atoms with van der Waals surface area (Å²) in [5.74, 6) is 0. The molecule has 0 aliphatic heterocycles. The number of benzene rings is 2. The van der Waals surface area contributed by atoms with Gasteiger partial charge in [0.05, 0.1) is 0 Å². The summed E-state index contributed by atoms with van der Waals surface area (Å²) < 4.78 is 0.953. The molecule has 0 fully saturated rings. The predicted octanol–water partition coefficient (Wildman–Crippen LogP) is 5.46. The van der Waals surface area contributed by atoms with Gasteiger partial charge in [0.1, 0.15) is 5.69 Å². The third kappa shape index (κ3) is 3.67. The summed E-state index contributed by atoms with van der Waals surface area (Å²) in [5, 5.41) is 10.4. The predicted molar refractivity (Wildman–Crippen MR) is 87.0 cm³/mol. The first-order valence-corrected chi connectivity index (χ1v) is 7.55. The number of nitrogens with zero attached hydrogens (tertiary/aromatic N) is 3. The minimum absolute atomic E-state index is 0.844. The van der Waals surface area contributed by atoms with Gasteiger partial charge in [-0.3, -0.25) is 5.01 Å². The fourth-order valence-electron chi connectivity index (χ4n) is 1.86. The Morgan fingerprint density at radius 1 is 0.950 bits per heavy atom. The van der Waals surface area contributed by atoms with E-state index in [2.05, 4.69) is 64.4 Å². The first kappa shape index (κ1) is 14.7. The summed E-state index contributed by atoms with van der Waals surface area (Å²) in [7, 11) is 0.